The SMILES string of the molecule is CC1C2CC3C(S2)C1NS3(=O)=O. The van der Waals surface area contributed by atoms with Gasteiger partial charge in [-0.25, -0.2) is 13.1 Å². The van der Waals surface area contributed by atoms with Crippen LogP contribution in [0, 0.1) is 5.92 Å². The van der Waals surface area contributed by atoms with E-state index in [1.165, 1.54) is 0 Å². The van der Waals surface area contributed by atoms with Gasteiger partial charge in [-0.2, -0.15) is 11.8 Å². The zero-order valence-corrected chi connectivity index (χ0v) is 8.36. The molecule has 5 unspecified atom stereocenters. The van der Waals surface area contributed by atoms with Crippen LogP contribution >= 0.6 is 11.8 Å². The minimum Gasteiger partial charge on any atom is -0.212 e. The first kappa shape index (κ1) is 7.64. The van der Waals surface area contributed by atoms with Crippen LogP contribution in [0.1, 0.15) is 13.3 Å². The summed E-state index contributed by atoms with van der Waals surface area (Å²) in [6.07, 6.45) is 0.877. The monoisotopic (exact) mass is 205 g/mol. The second-order valence-electron chi connectivity index (χ2n) is 3.96. The standard InChI is InChI=1S/C7H11NO2S2/c1-3-4-2-5-7(11-4)6(3)8-12(5,9)10/h3-8H,2H2,1H3. The van der Waals surface area contributed by atoms with Crippen LogP contribution in [-0.2, 0) is 10.0 Å². The molecule has 0 aliphatic carbocycles. The van der Waals surface area contributed by atoms with Crippen molar-refractivity contribution in [1.82, 2.24) is 4.72 Å². The normalized spacial score (nSPS) is 59.6. The summed E-state index contributed by atoms with van der Waals surface area (Å²) < 4.78 is 25.8. The van der Waals surface area contributed by atoms with Gasteiger partial charge in [-0.15, -0.1) is 0 Å². The second kappa shape index (κ2) is 2.01. The maximum Gasteiger partial charge on any atom is 0.215 e. The van der Waals surface area contributed by atoms with E-state index in [0.717, 1.165) is 6.42 Å². The molecular weight excluding hydrogens is 194 g/mol. The molecule has 68 valence electrons. The van der Waals surface area contributed by atoms with Crippen LogP contribution in [0.25, 0.3) is 0 Å². The van der Waals surface area contributed by atoms with Gasteiger partial charge < -0.3 is 0 Å². The van der Waals surface area contributed by atoms with Crippen molar-refractivity contribution >= 4 is 21.8 Å². The minimum absolute atomic E-state index is 0.0753. The van der Waals surface area contributed by atoms with Crippen molar-refractivity contribution in [3.8, 4) is 0 Å². The Morgan fingerprint density at radius 3 is 2.83 bits per heavy atom. The molecule has 3 saturated heterocycles. The number of hydrogen-bond donors (Lipinski definition) is 1. The van der Waals surface area contributed by atoms with Crippen LogP contribution in [-0.4, -0.2) is 30.2 Å². The van der Waals surface area contributed by atoms with E-state index in [9.17, 15) is 8.42 Å². The smallest absolute Gasteiger partial charge is 0.212 e. The Labute approximate surface area is 76.3 Å². The molecule has 3 heterocycles. The quantitative estimate of drug-likeness (QED) is 0.613. The maximum absolute atomic E-state index is 11.5. The van der Waals surface area contributed by atoms with Crippen molar-refractivity contribution < 1.29 is 8.42 Å². The predicted molar refractivity (Wildman–Crippen MR) is 48.6 cm³/mol. The van der Waals surface area contributed by atoms with Crippen molar-refractivity contribution in [2.45, 2.75) is 35.1 Å². The average molecular weight is 205 g/mol. The third-order valence-corrected chi connectivity index (χ3v) is 7.33. The van der Waals surface area contributed by atoms with Crippen molar-refractivity contribution in [3.05, 3.63) is 0 Å². The summed E-state index contributed by atoms with van der Waals surface area (Å²) in [6, 6.07) is 0.240. The average Bonchev–Trinajstić information content (AvgIpc) is 2.54. The Bertz CT molecular complexity index is 326. The second-order valence-corrected chi connectivity index (χ2v) is 7.31. The highest BCUT2D eigenvalue weighted by Gasteiger charge is 2.61. The van der Waals surface area contributed by atoms with E-state index in [2.05, 4.69) is 11.6 Å². The van der Waals surface area contributed by atoms with Gasteiger partial charge in [-0.1, -0.05) is 6.92 Å². The van der Waals surface area contributed by atoms with Gasteiger partial charge >= 0.3 is 0 Å². The van der Waals surface area contributed by atoms with E-state index < -0.39 is 10.0 Å². The zero-order chi connectivity index (χ0) is 8.51. The molecule has 0 saturated carbocycles. The summed E-state index contributed by atoms with van der Waals surface area (Å²) in [5.41, 5.74) is 0. The van der Waals surface area contributed by atoms with Gasteiger partial charge in [0.25, 0.3) is 0 Å². The van der Waals surface area contributed by atoms with E-state index in [1.54, 1.807) is 0 Å². The van der Waals surface area contributed by atoms with Crippen molar-refractivity contribution in [1.29, 1.82) is 0 Å². The van der Waals surface area contributed by atoms with E-state index in [0.29, 0.717) is 16.4 Å². The molecule has 3 rings (SSSR count). The molecule has 3 nitrogen and oxygen atoms in total. The van der Waals surface area contributed by atoms with Gasteiger partial charge in [-0.3, -0.25) is 0 Å². The first-order chi connectivity index (χ1) is 5.59. The lowest BCUT2D eigenvalue weighted by molar-refractivity contribution is 0.397. The van der Waals surface area contributed by atoms with Gasteiger partial charge in [0, 0.05) is 16.5 Å². The fourth-order valence-corrected chi connectivity index (χ4v) is 7.30. The molecule has 12 heavy (non-hydrogen) atoms. The molecule has 0 spiro atoms. The molecule has 3 aliphatic heterocycles. The van der Waals surface area contributed by atoms with E-state index in [4.69, 9.17) is 0 Å². The Balaban J connectivity index is 2.11. The molecule has 0 aromatic carbocycles. The molecule has 5 heteroatoms. The number of hydrogen-bond acceptors (Lipinski definition) is 3. The van der Waals surface area contributed by atoms with Crippen LogP contribution in [0.3, 0.4) is 0 Å². The fourth-order valence-electron chi connectivity index (χ4n) is 2.65. The highest BCUT2D eigenvalue weighted by atomic mass is 32.2. The molecule has 3 aliphatic rings. The maximum atomic E-state index is 11.5. The lowest BCUT2D eigenvalue weighted by Gasteiger charge is -2.19. The lowest BCUT2D eigenvalue weighted by atomic mass is 9.86. The summed E-state index contributed by atoms with van der Waals surface area (Å²) in [4.78, 5) is 0. The van der Waals surface area contributed by atoms with Crippen LogP contribution < -0.4 is 4.72 Å². The predicted octanol–water partition coefficient (Wildman–Crippen LogP) is 0.180. The van der Waals surface area contributed by atoms with Crippen LogP contribution in [0.15, 0.2) is 0 Å². The largest absolute Gasteiger partial charge is 0.215 e. The third-order valence-electron chi connectivity index (χ3n) is 3.37. The highest BCUT2D eigenvalue weighted by molar-refractivity contribution is 8.03. The Morgan fingerprint density at radius 2 is 2.25 bits per heavy atom. The summed E-state index contributed by atoms with van der Waals surface area (Å²) in [6.45, 7) is 2.16. The fraction of sp³-hybridized carbons (Fsp3) is 1.00. The van der Waals surface area contributed by atoms with Crippen molar-refractivity contribution in [2.75, 3.05) is 0 Å². The molecule has 0 aromatic rings. The Kier molecular flexibility index (Phi) is 1.28. The minimum atomic E-state index is -2.94. The van der Waals surface area contributed by atoms with Gasteiger partial charge in [0.15, 0.2) is 0 Å². The molecule has 0 amide bonds. The highest BCUT2D eigenvalue weighted by Crippen LogP contribution is 2.54. The van der Waals surface area contributed by atoms with Gasteiger partial charge in [0.2, 0.25) is 10.0 Å². The lowest BCUT2D eigenvalue weighted by Crippen LogP contribution is -2.36. The number of nitrogens with one attached hydrogen (secondary N) is 1. The third kappa shape index (κ3) is 0.708. The van der Waals surface area contributed by atoms with Crippen molar-refractivity contribution in [2.24, 2.45) is 5.92 Å². The van der Waals surface area contributed by atoms with Crippen molar-refractivity contribution in [3.63, 3.8) is 0 Å². The summed E-state index contributed by atoms with van der Waals surface area (Å²) in [7, 11) is -2.94. The van der Waals surface area contributed by atoms with Crippen LogP contribution in [0.5, 0.6) is 0 Å². The number of thioether (sulfide) groups is 1. The zero-order valence-electron chi connectivity index (χ0n) is 6.73. The molecule has 2 bridgehead atoms. The van der Waals surface area contributed by atoms with Gasteiger partial charge in [0.1, 0.15) is 0 Å². The Hall–Kier alpha value is 0.260. The van der Waals surface area contributed by atoms with E-state index >= 15 is 0 Å². The topological polar surface area (TPSA) is 46.2 Å². The summed E-state index contributed by atoms with van der Waals surface area (Å²) >= 11 is 1.88. The molecule has 1 N–H and O–H groups in total. The number of rotatable bonds is 0. The molecule has 3 fully saturated rings. The van der Waals surface area contributed by atoms with E-state index in [1.807, 2.05) is 11.8 Å². The van der Waals surface area contributed by atoms with Gasteiger partial charge in [-0.05, 0) is 12.3 Å². The number of fused-ring (bicyclic) bond motifs is 1. The first-order valence-electron chi connectivity index (χ1n) is 4.26. The number of sulfonamides is 1. The summed E-state index contributed by atoms with van der Waals surface area (Å²) in [5.74, 6) is 0.536. The molecule has 5 atom stereocenters. The molecule has 0 radical (unpaired) electrons. The van der Waals surface area contributed by atoms with Gasteiger partial charge in [0.05, 0.1) is 5.25 Å². The molecule has 0 aromatic heterocycles. The van der Waals surface area contributed by atoms with Crippen LogP contribution in [0.2, 0.25) is 0 Å². The van der Waals surface area contributed by atoms with E-state index in [-0.39, 0.29) is 11.3 Å². The molecular formula is C7H11NO2S2. The van der Waals surface area contributed by atoms with Crippen LogP contribution in [0.4, 0.5) is 0 Å². The first-order valence-corrected chi connectivity index (χ1v) is 6.75. The summed E-state index contributed by atoms with van der Waals surface area (Å²) in [5, 5.41) is 0.874. The Morgan fingerprint density at radius 1 is 1.50 bits per heavy atom.